The van der Waals surface area contributed by atoms with E-state index in [1.807, 2.05) is 0 Å². The molecule has 1 aromatic rings. The Morgan fingerprint density at radius 2 is 2.00 bits per heavy atom. The van der Waals surface area contributed by atoms with E-state index in [0.717, 1.165) is 23.8 Å². The lowest BCUT2D eigenvalue weighted by Crippen LogP contribution is -2.27. The fraction of sp³-hybridized carbons (Fsp3) is 0.778. The van der Waals surface area contributed by atoms with Crippen LogP contribution >= 0.6 is 11.8 Å². The number of nitrogens with zero attached hydrogens (tertiary/aromatic N) is 2. The van der Waals surface area contributed by atoms with E-state index >= 15 is 0 Å². The van der Waals surface area contributed by atoms with Gasteiger partial charge in [-0.05, 0) is 39.0 Å². The van der Waals surface area contributed by atoms with Gasteiger partial charge in [-0.15, -0.1) is 0 Å². The smallest absolute Gasteiger partial charge is 0.230 e. The Kier molecular flexibility index (Phi) is 7.00. The SMILES string of the molecule is Cc1nc(SCC(=O)NCCC(C)C)n(C2CCCCC2)c1C. The molecule has 0 atom stereocenters. The van der Waals surface area contributed by atoms with Crippen LogP contribution in [0.15, 0.2) is 5.16 Å². The zero-order valence-corrected chi connectivity index (χ0v) is 15.8. The monoisotopic (exact) mass is 337 g/mol. The molecule has 130 valence electrons. The molecule has 1 aliphatic rings. The predicted molar refractivity (Wildman–Crippen MR) is 97.0 cm³/mol. The van der Waals surface area contributed by atoms with E-state index in [2.05, 4.69) is 37.6 Å². The largest absolute Gasteiger partial charge is 0.355 e. The van der Waals surface area contributed by atoms with Gasteiger partial charge in [0, 0.05) is 18.3 Å². The zero-order chi connectivity index (χ0) is 16.8. The highest BCUT2D eigenvalue weighted by Crippen LogP contribution is 2.34. The molecule has 1 amide bonds. The third-order valence-electron chi connectivity index (χ3n) is 4.67. The van der Waals surface area contributed by atoms with Crippen molar-refractivity contribution in [1.82, 2.24) is 14.9 Å². The topological polar surface area (TPSA) is 46.9 Å². The standard InChI is InChI=1S/C18H31N3OS/c1-13(2)10-11-19-17(22)12-23-18-20-14(3)15(4)21(18)16-8-6-5-7-9-16/h13,16H,5-12H2,1-4H3,(H,19,22). The predicted octanol–water partition coefficient (Wildman–Crippen LogP) is 4.26. The molecule has 0 radical (unpaired) electrons. The van der Waals surface area contributed by atoms with Gasteiger partial charge < -0.3 is 9.88 Å². The lowest BCUT2D eigenvalue weighted by molar-refractivity contribution is -0.118. The average molecular weight is 338 g/mol. The van der Waals surface area contributed by atoms with E-state index in [1.54, 1.807) is 11.8 Å². The van der Waals surface area contributed by atoms with Gasteiger partial charge in [-0.25, -0.2) is 4.98 Å². The fourth-order valence-electron chi connectivity index (χ4n) is 3.15. The summed E-state index contributed by atoms with van der Waals surface area (Å²) in [7, 11) is 0. The molecule has 0 saturated heterocycles. The fourth-order valence-corrected chi connectivity index (χ4v) is 4.14. The first kappa shape index (κ1) is 18.4. The summed E-state index contributed by atoms with van der Waals surface area (Å²) in [5.74, 6) is 1.20. The van der Waals surface area contributed by atoms with Gasteiger partial charge in [-0.2, -0.15) is 0 Å². The van der Waals surface area contributed by atoms with Gasteiger partial charge in [0.25, 0.3) is 0 Å². The molecule has 4 nitrogen and oxygen atoms in total. The van der Waals surface area contributed by atoms with Gasteiger partial charge in [0.2, 0.25) is 5.91 Å². The summed E-state index contributed by atoms with van der Waals surface area (Å²) in [5.41, 5.74) is 2.36. The maximum absolute atomic E-state index is 12.0. The van der Waals surface area contributed by atoms with Crippen molar-refractivity contribution in [2.75, 3.05) is 12.3 Å². The number of rotatable bonds is 7. The number of aromatic nitrogens is 2. The maximum Gasteiger partial charge on any atom is 0.230 e. The maximum atomic E-state index is 12.0. The minimum Gasteiger partial charge on any atom is -0.355 e. The number of hydrogen-bond acceptors (Lipinski definition) is 3. The van der Waals surface area contributed by atoms with E-state index in [4.69, 9.17) is 4.98 Å². The number of hydrogen-bond donors (Lipinski definition) is 1. The Hall–Kier alpha value is -0.970. The summed E-state index contributed by atoms with van der Waals surface area (Å²) in [5, 5.41) is 4.03. The van der Waals surface area contributed by atoms with E-state index in [1.165, 1.54) is 37.8 Å². The Balaban J connectivity index is 1.94. The highest BCUT2D eigenvalue weighted by Gasteiger charge is 2.22. The van der Waals surface area contributed by atoms with Crippen molar-refractivity contribution >= 4 is 17.7 Å². The molecule has 0 bridgehead atoms. The molecule has 5 heteroatoms. The van der Waals surface area contributed by atoms with Gasteiger partial charge >= 0.3 is 0 Å². The number of thioether (sulfide) groups is 1. The summed E-state index contributed by atoms with van der Waals surface area (Å²) < 4.78 is 2.39. The minimum atomic E-state index is 0.115. The van der Waals surface area contributed by atoms with Crippen LogP contribution in [0.1, 0.15) is 69.8 Å². The summed E-state index contributed by atoms with van der Waals surface area (Å²) >= 11 is 1.58. The first-order valence-corrected chi connectivity index (χ1v) is 9.92. The van der Waals surface area contributed by atoms with Crippen LogP contribution in [-0.2, 0) is 4.79 Å². The highest BCUT2D eigenvalue weighted by molar-refractivity contribution is 7.99. The number of nitrogens with one attached hydrogen (secondary N) is 1. The molecule has 23 heavy (non-hydrogen) atoms. The summed E-state index contributed by atoms with van der Waals surface area (Å²) in [4.78, 5) is 16.7. The van der Waals surface area contributed by atoms with Crippen molar-refractivity contribution in [3.63, 3.8) is 0 Å². The summed E-state index contributed by atoms with van der Waals surface area (Å²) in [6.45, 7) is 9.35. The van der Waals surface area contributed by atoms with Crippen molar-refractivity contribution < 1.29 is 4.79 Å². The van der Waals surface area contributed by atoms with Crippen LogP contribution in [0, 0.1) is 19.8 Å². The molecular weight excluding hydrogens is 306 g/mol. The summed E-state index contributed by atoms with van der Waals surface area (Å²) in [6, 6.07) is 0.566. The Bertz CT molecular complexity index is 519. The first-order valence-electron chi connectivity index (χ1n) is 8.94. The van der Waals surface area contributed by atoms with Crippen LogP contribution in [0.25, 0.3) is 0 Å². The summed E-state index contributed by atoms with van der Waals surface area (Å²) in [6.07, 6.45) is 7.48. The van der Waals surface area contributed by atoms with Gasteiger partial charge in [0.05, 0.1) is 11.4 Å². The second-order valence-electron chi connectivity index (χ2n) is 7.05. The van der Waals surface area contributed by atoms with Gasteiger partial charge in [0.15, 0.2) is 5.16 Å². The third-order valence-corrected chi connectivity index (χ3v) is 5.62. The van der Waals surface area contributed by atoms with E-state index in [0.29, 0.717) is 17.7 Å². The van der Waals surface area contributed by atoms with Crippen LogP contribution in [0.5, 0.6) is 0 Å². The van der Waals surface area contributed by atoms with Crippen molar-refractivity contribution in [2.24, 2.45) is 5.92 Å². The normalized spacial score (nSPS) is 16.0. The molecule has 0 aliphatic heterocycles. The molecule has 1 saturated carbocycles. The Morgan fingerprint density at radius 3 is 2.65 bits per heavy atom. The van der Waals surface area contributed by atoms with Gasteiger partial charge in [-0.1, -0.05) is 44.9 Å². The van der Waals surface area contributed by atoms with Gasteiger partial charge in [0.1, 0.15) is 0 Å². The lowest BCUT2D eigenvalue weighted by atomic mass is 9.95. The number of imidazole rings is 1. The molecule has 1 N–H and O–H groups in total. The van der Waals surface area contributed by atoms with Crippen LogP contribution < -0.4 is 5.32 Å². The molecule has 2 rings (SSSR count). The number of aryl methyl sites for hydroxylation is 1. The molecule has 1 aliphatic carbocycles. The first-order chi connectivity index (χ1) is 11.0. The molecular formula is C18H31N3OS. The van der Waals surface area contributed by atoms with E-state index < -0.39 is 0 Å². The number of carbonyl (C=O) groups excluding carboxylic acids is 1. The molecule has 0 spiro atoms. The number of amides is 1. The molecule has 1 fully saturated rings. The van der Waals surface area contributed by atoms with Crippen LogP contribution in [0.4, 0.5) is 0 Å². The van der Waals surface area contributed by atoms with Gasteiger partial charge in [-0.3, -0.25) is 4.79 Å². The highest BCUT2D eigenvalue weighted by atomic mass is 32.2. The van der Waals surface area contributed by atoms with Crippen LogP contribution in [0.3, 0.4) is 0 Å². The van der Waals surface area contributed by atoms with E-state index in [-0.39, 0.29) is 5.91 Å². The lowest BCUT2D eigenvalue weighted by Gasteiger charge is -2.26. The molecule has 1 aromatic heterocycles. The quantitative estimate of drug-likeness (QED) is 0.756. The number of carbonyl (C=O) groups is 1. The van der Waals surface area contributed by atoms with Crippen LogP contribution in [-0.4, -0.2) is 27.8 Å². The van der Waals surface area contributed by atoms with Crippen LogP contribution in [0.2, 0.25) is 0 Å². The van der Waals surface area contributed by atoms with E-state index in [9.17, 15) is 4.79 Å². The molecule has 1 heterocycles. The second kappa shape index (κ2) is 8.76. The average Bonchev–Trinajstić information content (AvgIpc) is 2.80. The molecule has 0 aromatic carbocycles. The zero-order valence-electron chi connectivity index (χ0n) is 15.0. The van der Waals surface area contributed by atoms with Crippen molar-refractivity contribution in [2.45, 2.75) is 77.4 Å². The minimum absolute atomic E-state index is 0.115. The van der Waals surface area contributed by atoms with Crippen molar-refractivity contribution in [1.29, 1.82) is 0 Å². The van der Waals surface area contributed by atoms with Crippen molar-refractivity contribution in [3.8, 4) is 0 Å². The Labute approximate surface area is 144 Å². The van der Waals surface area contributed by atoms with Crippen molar-refractivity contribution in [3.05, 3.63) is 11.4 Å². The molecule has 0 unspecified atom stereocenters. The Morgan fingerprint density at radius 1 is 1.30 bits per heavy atom. The second-order valence-corrected chi connectivity index (χ2v) is 7.99. The third kappa shape index (κ3) is 5.27.